The van der Waals surface area contributed by atoms with Gasteiger partial charge in [-0.15, -0.1) is 12.4 Å². The number of carbonyl (C=O) groups is 2. The molecular formula is C15H22ClN3O3. The Bertz CT molecular complexity index is 502. The van der Waals surface area contributed by atoms with Crippen molar-refractivity contribution in [2.45, 2.75) is 25.3 Å². The fraction of sp³-hybridized carbons (Fsp3) is 0.600. The van der Waals surface area contributed by atoms with E-state index in [4.69, 9.17) is 4.42 Å². The van der Waals surface area contributed by atoms with Gasteiger partial charge in [-0.2, -0.15) is 0 Å². The normalized spacial score (nSPS) is 21.6. The fourth-order valence-electron chi connectivity index (χ4n) is 2.84. The van der Waals surface area contributed by atoms with Crippen LogP contribution >= 0.6 is 12.4 Å². The van der Waals surface area contributed by atoms with E-state index in [1.165, 1.54) is 6.26 Å². The first-order valence-corrected chi connectivity index (χ1v) is 7.58. The van der Waals surface area contributed by atoms with Gasteiger partial charge in [0.15, 0.2) is 5.76 Å². The van der Waals surface area contributed by atoms with Gasteiger partial charge in [-0.25, -0.2) is 0 Å². The highest BCUT2D eigenvalue weighted by molar-refractivity contribution is 5.95. The Labute approximate surface area is 136 Å². The molecule has 2 aliphatic rings. The highest BCUT2D eigenvalue weighted by Crippen LogP contribution is 2.20. The Hall–Kier alpha value is -1.53. The van der Waals surface area contributed by atoms with E-state index in [-0.39, 0.29) is 30.3 Å². The van der Waals surface area contributed by atoms with Gasteiger partial charge in [-0.1, -0.05) is 0 Å². The van der Waals surface area contributed by atoms with Gasteiger partial charge in [-0.3, -0.25) is 9.59 Å². The first-order valence-electron chi connectivity index (χ1n) is 7.58. The second-order valence-electron chi connectivity index (χ2n) is 5.76. The molecule has 0 spiro atoms. The summed E-state index contributed by atoms with van der Waals surface area (Å²) in [5, 5.41) is 6.16. The Morgan fingerprint density at radius 3 is 2.82 bits per heavy atom. The highest BCUT2D eigenvalue weighted by Gasteiger charge is 2.33. The van der Waals surface area contributed by atoms with Crippen LogP contribution in [0.3, 0.4) is 0 Å². The van der Waals surface area contributed by atoms with Crippen LogP contribution in [0.15, 0.2) is 22.8 Å². The lowest BCUT2D eigenvalue weighted by Gasteiger charge is -2.35. The predicted octanol–water partition coefficient (Wildman–Crippen LogP) is 1.03. The van der Waals surface area contributed by atoms with E-state index in [1.54, 1.807) is 17.0 Å². The molecule has 3 rings (SSSR count). The lowest BCUT2D eigenvalue weighted by atomic mass is 9.99. The zero-order valence-corrected chi connectivity index (χ0v) is 13.2. The summed E-state index contributed by atoms with van der Waals surface area (Å²) in [5.41, 5.74) is 0. The molecule has 0 saturated carbocycles. The summed E-state index contributed by atoms with van der Waals surface area (Å²) < 4.78 is 5.17. The average molecular weight is 328 g/mol. The van der Waals surface area contributed by atoms with Crippen LogP contribution in [0.4, 0.5) is 0 Å². The number of hydrogen-bond donors (Lipinski definition) is 2. The SMILES string of the molecule is Cl.O=C(NCC1CNC1)C1CCCCN1C(=O)c1ccco1. The average Bonchev–Trinajstić information content (AvgIpc) is 2.99. The van der Waals surface area contributed by atoms with Crippen LogP contribution in [0.2, 0.25) is 0 Å². The maximum absolute atomic E-state index is 12.4. The monoisotopic (exact) mass is 327 g/mol. The lowest BCUT2D eigenvalue weighted by molar-refractivity contribution is -0.126. The molecule has 0 radical (unpaired) electrons. The van der Waals surface area contributed by atoms with Crippen LogP contribution in [0.1, 0.15) is 29.8 Å². The van der Waals surface area contributed by atoms with Crippen LogP contribution in [0, 0.1) is 5.92 Å². The van der Waals surface area contributed by atoms with Crippen LogP contribution in [0.25, 0.3) is 0 Å². The van der Waals surface area contributed by atoms with Gasteiger partial charge >= 0.3 is 0 Å². The minimum atomic E-state index is -0.371. The smallest absolute Gasteiger partial charge is 0.290 e. The Balaban J connectivity index is 0.00000176. The molecule has 22 heavy (non-hydrogen) atoms. The molecule has 2 N–H and O–H groups in total. The number of rotatable bonds is 4. The number of carbonyl (C=O) groups excluding carboxylic acids is 2. The zero-order chi connectivity index (χ0) is 14.7. The minimum absolute atomic E-state index is 0. The maximum Gasteiger partial charge on any atom is 0.290 e. The predicted molar refractivity (Wildman–Crippen MR) is 84.0 cm³/mol. The van der Waals surface area contributed by atoms with Crippen molar-refractivity contribution in [1.82, 2.24) is 15.5 Å². The zero-order valence-electron chi connectivity index (χ0n) is 12.4. The number of piperidine rings is 1. The van der Waals surface area contributed by atoms with Crippen molar-refractivity contribution in [2.24, 2.45) is 5.92 Å². The number of furan rings is 1. The number of amides is 2. The Morgan fingerprint density at radius 1 is 1.36 bits per heavy atom. The van der Waals surface area contributed by atoms with Crippen LogP contribution in [0.5, 0.6) is 0 Å². The molecule has 0 aromatic carbocycles. The van der Waals surface area contributed by atoms with Crippen LogP contribution in [-0.4, -0.2) is 48.9 Å². The largest absolute Gasteiger partial charge is 0.459 e. The Morgan fingerprint density at radius 2 is 2.18 bits per heavy atom. The number of halogens is 1. The third kappa shape index (κ3) is 3.62. The van der Waals surface area contributed by atoms with E-state index in [2.05, 4.69) is 10.6 Å². The van der Waals surface area contributed by atoms with Crippen molar-refractivity contribution < 1.29 is 14.0 Å². The first-order chi connectivity index (χ1) is 10.3. The second kappa shape index (κ2) is 7.65. The highest BCUT2D eigenvalue weighted by atomic mass is 35.5. The molecule has 122 valence electrons. The van der Waals surface area contributed by atoms with E-state index in [1.807, 2.05) is 0 Å². The molecule has 7 heteroatoms. The van der Waals surface area contributed by atoms with Gasteiger partial charge in [0, 0.05) is 32.1 Å². The van der Waals surface area contributed by atoms with Gasteiger partial charge in [0.1, 0.15) is 6.04 Å². The molecule has 2 fully saturated rings. The van der Waals surface area contributed by atoms with Gasteiger partial charge in [-0.05, 0) is 31.4 Å². The molecular weight excluding hydrogens is 306 g/mol. The molecule has 0 aliphatic carbocycles. The molecule has 2 amide bonds. The summed E-state index contributed by atoms with van der Waals surface area (Å²) in [5.74, 6) is 0.594. The number of likely N-dealkylation sites (tertiary alicyclic amines) is 1. The first kappa shape index (κ1) is 16.8. The minimum Gasteiger partial charge on any atom is -0.459 e. The van der Waals surface area contributed by atoms with E-state index >= 15 is 0 Å². The fourth-order valence-corrected chi connectivity index (χ4v) is 2.84. The quantitative estimate of drug-likeness (QED) is 0.866. The topological polar surface area (TPSA) is 74.6 Å². The summed E-state index contributed by atoms with van der Waals surface area (Å²) in [6, 6.07) is 2.96. The van der Waals surface area contributed by atoms with Gasteiger partial charge in [0.05, 0.1) is 6.26 Å². The summed E-state index contributed by atoms with van der Waals surface area (Å²) in [6.07, 6.45) is 4.12. The second-order valence-corrected chi connectivity index (χ2v) is 5.76. The molecule has 1 aromatic heterocycles. The number of nitrogens with zero attached hydrogens (tertiary/aromatic N) is 1. The molecule has 1 unspecified atom stereocenters. The summed E-state index contributed by atoms with van der Waals surface area (Å²) in [4.78, 5) is 26.4. The molecule has 2 aliphatic heterocycles. The van der Waals surface area contributed by atoms with Gasteiger partial charge in [0.2, 0.25) is 5.91 Å². The van der Waals surface area contributed by atoms with Crippen molar-refractivity contribution in [3.05, 3.63) is 24.2 Å². The Kier molecular flexibility index (Phi) is 5.85. The maximum atomic E-state index is 12.4. The van der Waals surface area contributed by atoms with E-state index in [9.17, 15) is 9.59 Å². The van der Waals surface area contributed by atoms with Crippen molar-refractivity contribution in [3.8, 4) is 0 Å². The molecule has 6 nitrogen and oxygen atoms in total. The van der Waals surface area contributed by atoms with Crippen molar-refractivity contribution in [2.75, 3.05) is 26.2 Å². The standard InChI is InChI=1S/C15H21N3O3.ClH/c19-14(17-10-11-8-16-9-11)12-4-1-2-6-18(12)15(20)13-5-3-7-21-13;/h3,5,7,11-12,16H,1-2,4,6,8-10H2,(H,17,19);1H. The van der Waals surface area contributed by atoms with Crippen molar-refractivity contribution in [3.63, 3.8) is 0 Å². The van der Waals surface area contributed by atoms with E-state index < -0.39 is 0 Å². The van der Waals surface area contributed by atoms with E-state index in [0.717, 1.165) is 32.4 Å². The summed E-state index contributed by atoms with van der Waals surface area (Å²) in [6.45, 7) is 3.22. The van der Waals surface area contributed by atoms with Gasteiger partial charge in [0.25, 0.3) is 5.91 Å². The third-order valence-electron chi connectivity index (χ3n) is 4.23. The lowest BCUT2D eigenvalue weighted by Crippen LogP contribution is -2.54. The molecule has 1 atom stereocenters. The molecule has 2 saturated heterocycles. The van der Waals surface area contributed by atoms with E-state index in [0.29, 0.717) is 24.8 Å². The third-order valence-corrected chi connectivity index (χ3v) is 4.23. The van der Waals surface area contributed by atoms with Crippen LogP contribution in [-0.2, 0) is 4.79 Å². The van der Waals surface area contributed by atoms with Crippen LogP contribution < -0.4 is 10.6 Å². The number of nitrogens with one attached hydrogen (secondary N) is 2. The summed E-state index contributed by atoms with van der Waals surface area (Å²) >= 11 is 0. The molecule has 0 bridgehead atoms. The van der Waals surface area contributed by atoms with Crippen molar-refractivity contribution in [1.29, 1.82) is 0 Å². The molecule has 1 aromatic rings. The molecule has 3 heterocycles. The van der Waals surface area contributed by atoms with Crippen molar-refractivity contribution >= 4 is 24.2 Å². The summed E-state index contributed by atoms with van der Waals surface area (Å²) in [7, 11) is 0. The number of hydrogen-bond acceptors (Lipinski definition) is 4. The van der Waals surface area contributed by atoms with Gasteiger partial charge < -0.3 is 20.0 Å².